The van der Waals surface area contributed by atoms with Crippen molar-refractivity contribution >= 4 is 11.9 Å². The van der Waals surface area contributed by atoms with E-state index < -0.39 is 17.9 Å². The van der Waals surface area contributed by atoms with E-state index in [1.165, 1.54) is 0 Å². The number of rotatable bonds is 7. The maximum Gasteiger partial charge on any atom is 0.326 e. The highest BCUT2D eigenvalue weighted by Crippen LogP contribution is 2.11. The van der Waals surface area contributed by atoms with Crippen molar-refractivity contribution in [3.05, 3.63) is 29.8 Å². The number of carbonyl (C=O) groups excluding carboxylic acids is 1. The lowest BCUT2D eigenvalue weighted by atomic mass is 10.2. The maximum atomic E-state index is 11.6. The fourth-order valence-electron chi connectivity index (χ4n) is 1.56. The first-order chi connectivity index (χ1) is 9.56. The predicted octanol–water partition coefficient (Wildman–Crippen LogP) is 1.31. The lowest BCUT2D eigenvalue weighted by molar-refractivity contribution is -0.142. The first-order valence-corrected chi connectivity index (χ1v) is 6.22. The number of ether oxygens (including phenoxy) is 1. The minimum atomic E-state index is -1.06. The van der Waals surface area contributed by atoms with Crippen LogP contribution in [0.25, 0.3) is 0 Å². The minimum Gasteiger partial charge on any atom is -0.484 e. The van der Waals surface area contributed by atoms with Crippen LogP contribution in [-0.4, -0.2) is 29.6 Å². The highest BCUT2D eigenvalue weighted by atomic mass is 16.5. The Morgan fingerprint density at radius 2 is 2.05 bits per heavy atom. The molecule has 1 aromatic rings. The number of aliphatic carboxylic acids is 1. The Balaban J connectivity index is 2.46. The molecule has 0 heterocycles. The van der Waals surface area contributed by atoms with Crippen LogP contribution < -0.4 is 10.1 Å². The van der Waals surface area contributed by atoms with Crippen LogP contribution in [0.1, 0.15) is 25.3 Å². The number of amides is 1. The molecule has 0 spiro atoms. The molecule has 1 atom stereocenters. The number of carbonyl (C=O) groups is 2. The van der Waals surface area contributed by atoms with E-state index >= 15 is 0 Å². The molecule has 0 aliphatic carbocycles. The second kappa shape index (κ2) is 7.79. The number of benzene rings is 1. The summed E-state index contributed by atoms with van der Waals surface area (Å²) in [6.45, 7) is 1.58. The molecule has 0 aromatic heterocycles. The number of nitrogens with zero attached hydrogens (tertiary/aromatic N) is 1. The van der Waals surface area contributed by atoms with Gasteiger partial charge in [-0.15, -0.1) is 0 Å². The van der Waals surface area contributed by atoms with E-state index in [4.69, 9.17) is 15.1 Å². The third kappa shape index (κ3) is 4.98. The molecule has 1 amide bonds. The molecule has 0 aliphatic rings. The van der Waals surface area contributed by atoms with Gasteiger partial charge in [0.2, 0.25) is 0 Å². The molecule has 0 radical (unpaired) electrons. The van der Waals surface area contributed by atoms with E-state index in [2.05, 4.69) is 5.32 Å². The first kappa shape index (κ1) is 15.5. The second-order valence-electron chi connectivity index (χ2n) is 4.17. The lowest BCUT2D eigenvalue weighted by Gasteiger charge is -2.13. The molecule has 6 heteroatoms. The van der Waals surface area contributed by atoms with Gasteiger partial charge >= 0.3 is 5.97 Å². The maximum absolute atomic E-state index is 11.6. The quantitative estimate of drug-likeness (QED) is 0.782. The van der Waals surface area contributed by atoms with Crippen molar-refractivity contribution in [3.8, 4) is 11.8 Å². The van der Waals surface area contributed by atoms with Gasteiger partial charge in [0.1, 0.15) is 11.8 Å². The zero-order valence-corrected chi connectivity index (χ0v) is 11.1. The smallest absolute Gasteiger partial charge is 0.326 e. The highest BCUT2D eigenvalue weighted by molar-refractivity contribution is 5.84. The van der Waals surface area contributed by atoms with Crippen molar-refractivity contribution in [3.63, 3.8) is 0 Å². The summed E-state index contributed by atoms with van der Waals surface area (Å²) in [6, 6.07) is 7.38. The Morgan fingerprint density at radius 1 is 1.40 bits per heavy atom. The van der Waals surface area contributed by atoms with Crippen molar-refractivity contribution in [1.82, 2.24) is 5.32 Å². The van der Waals surface area contributed by atoms with Crippen LogP contribution in [0, 0.1) is 11.3 Å². The normalized spacial score (nSPS) is 11.2. The number of carboxylic acids is 1. The van der Waals surface area contributed by atoms with Crippen molar-refractivity contribution in [2.45, 2.75) is 25.8 Å². The fourth-order valence-corrected chi connectivity index (χ4v) is 1.56. The zero-order chi connectivity index (χ0) is 15.0. The number of nitriles is 1. The van der Waals surface area contributed by atoms with Crippen LogP contribution in [0.4, 0.5) is 0 Å². The van der Waals surface area contributed by atoms with Gasteiger partial charge in [0.05, 0.1) is 11.6 Å². The molecule has 2 N–H and O–H groups in total. The summed E-state index contributed by atoms with van der Waals surface area (Å²) in [6.07, 6.45) is 1.03. The fraction of sp³-hybridized carbons (Fsp3) is 0.357. The molecule has 1 aromatic carbocycles. The van der Waals surface area contributed by atoms with Crippen LogP contribution in [0.3, 0.4) is 0 Å². The summed E-state index contributed by atoms with van der Waals surface area (Å²) in [5.41, 5.74) is 0.496. The van der Waals surface area contributed by atoms with Crippen molar-refractivity contribution in [1.29, 1.82) is 5.26 Å². The van der Waals surface area contributed by atoms with Gasteiger partial charge in [-0.1, -0.05) is 13.3 Å². The standard InChI is InChI=1S/C14H16N2O4/c1-2-3-12(14(18)19)16-13(17)9-20-11-6-4-10(8-15)5-7-11/h4-7,12H,2-3,9H2,1H3,(H,16,17)(H,18,19)/t12-/m0/s1. The van der Waals surface area contributed by atoms with Gasteiger partial charge in [0.15, 0.2) is 6.61 Å². The van der Waals surface area contributed by atoms with Gasteiger partial charge in [-0.25, -0.2) is 4.79 Å². The first-order valence-electron chi connectivity index (χ1n) is 6.22. The van der Waals surface area contributed by atoms with Gasteiger partial charge in [-0.05, 0) is 30.7 Å². The molecule has 0 aliphatic heterocycles. The number of nitrogens with one attached hydrogen (secondary N) is 1. The van der Waals surface area contributed by atoms with Gasteiger partial charge in [-0.3, -0.25) is 4.79 Å². The molecule has 20 heavy (non-hydrogen) atoms. The van der Waals surface area contributed by atoms with Crippen molar-refractivity contribution in [2.24, 2.45) is 0 Å². The average molecular weight is 276 g/mol. The predicted molar refractivity (Wildman–Crippen MR) is 71.1 cm³/mol. The number of carboxylic acid groups (broad SMARTS) is 1. The van der Waals surface area contributed by atoms with Gasteiger partial charge in [0, 0.05) is 0 Å². The SMILES string of the molecule is CCC[C@H](NC(=O)COc1ccc(C#N)cc1)C(=O)O. The zero-order valence-electron chi connectivity index (χ0n) is 11.1. The molecule has 106 valence electrons. The van der Waals surface area contributed by atoms with Crippen molar-refractivity contribution in [2.75, 3.05) is 6.61 Å². The Hall–Kier alpha value is -2.55. The Morgan fingerprint density at radius 3 is 2.55 bits per heavy atom. The van der Waals surface area contributed by atoms with E-state index in [1.54, 1.807) is 24.3 Å². The molecule has 6 nitrogen and oxygen atoms in total. The van der Waals surface area contributed by atoms with E-state index in [9.17, 15) is 9.59 Å². The average Bonchev–Trinajstić information content (AvgIpc) is 2.45. The Labute approximate surface area is 117 Å². The summed E-state index contributed by atoms with van der Waals surface area (Å²) < 4.78 is 5.21. The molecule has 1 rings (SSSR count). The van der Waals surface area contributed by atoms with Crippen LogP contribution in [0.2, 0.25) is 0 Å². The van der Waals surface area contributed by atoms with E-state index in [-0.39, 0.29) is 6.61 Å². The topological polar surface area (TPSA) is 99.4 Å². The molecular weight excluding hydrogens is 260 g/mol. The molecular formula is C14H16N2O4. The van der Waals surface area contributed by atoms with Crippen LogP contribution in [-0.2, 0) is 9.59 Å². The Bertz CT molecular complexity index is 505. The molecule has 0 unspecified atom stereocenters. The van der Waals surface area contributed by atoms with Gasteiger partial charge in [0.25, 0.3) is 5.91 Å². The monoisotopic (exact) mass is 276 g/mol. The van der Waals surface area contributed by atoms with E-state index in [0.29, 0.717) is 24.2 Å². The lowest BCUT2D eigenvalue weighted by Crippen LogP contribution is -2.42. The Kier molecular flexibility index (Phi) is 6.04. The van der Waals surface area contributed by atoms with Crippen LogP contribution in [0.15, 0.2) is 24.3 Å². The summed E-state index contributed by atoms with van der Waals surface area (Å²) >= 11 is 0. The van der Waals surface area contributed by atoms with Crippen LogP contribution in [0.5, 0.6) is 5.75 Å². The highest BCUT2D eigenvalue weighted by Gasteiger charge is 2.18. The number of hydrogen-bond donors (Lipinski definition) is 2. The third-order valence-electron chi connectivity index (χ3n) is 2.56. The molecule has 0 saturated heterocycles. The largest absolute Gasteiger partial charge is 0.484 e. The molecule has 0 fully saturated rings. The van der Waals surface area contributed by atoms with Gasteiger partial charge in [-0.2, -0.15) is 5.26 Å². The molecule has 0 bridgehead atoms. The number of hydrogen-bond acceptors (Lipinski definition) is 4. The molecule has 0 saturated carbocycles. The third-order valence-corrected chi connectivity index (χ3v) is 2.56. The van der Waals surface area contributed by atoms with E-state index in [0.717, 1.165) is 0 Å². The van der Waals surface area contributed by atoms with E-state index in [1.807, 2.05) is 13.0 Å². The summed E-state index contributed by atoms with van der Waals surface area (Å²) in [4.78, 5) is 22.5. The summed E-state index contributed by atoms with van der Waals surface area (Å²) in [5.74, 6) is -1.10. The second-order valence-corrected chi connectivity index (χ2v) is 4.17. The van der Waals surface area contributed by atoms with Gasteiger partial charge < -0.3 is 15.2 Å². The van der Waals surface area contributed by atoms with Crippen LogP contribution >= 0.6 is 0 Å². The van der Waals surface area contributed by atoms with Crippen molar-refractivity contribution < 1.29 is 19.4 Å². The minimum absolute atomic E-state index is 0.264. The summed E-state index contributed by atoms with van der Waals surface area (Å²) in [5, 5.41) is 19.9. The summed E-state index contributed by atoms with van der Waals surface area (Å²) in [7, 11) is 0.